The molecule has 1 aromatic rings. The highest BCUT2D eigenvalue weighted by atomic mass is 16.6. The Bertz CT molecular complexity index is 720. The van der Waals surface area contributed by atoms with Gasteiger partial charge in [-0.15, -0.1) is 0 Å². The van der Waals surface area contributed by atoms with E-state index in [2.05, 4.69) is 10.5 Å². The Hall–Kier alpha value is -2.04. The molecule has 5 aliphatic rings. The molecule has 5 nitrogen and oxygen atoms in total. The summed E-state index contributed by atoms with van der Waals surface area (Å²) in [5.41, 5.74) is 2.16. The lowest BCUT2D eigenvalue weighted by molar-refractivity contribution is -0.133. The molecule has 1 amide bonds. The standard InChI is InChI=1S/C22H28N2O3/c1-26-18-4-2-17(3-5-18)19-9-20(27-24-19)21(25)23-13-22-10-14-6-15(11-22)8-16(7-14)12-22/h2-5,14-16,20H,6-13H2,1H3,(H,23,25). The topological polar surface area (TPSA) is 59.9 Å². The summed E-state index contributed by atoms with van der Waals surface area (Å²) in [6.07, 6.45) is 8.22. The average molecular weight is 368 g/mol. The molecule has 4 fully saturated rings. The zero-order valence-electron chi connectivity index (χ0n) is 15.9. The van der Waals surface area contributed by atoms with E-state index in [0.717, 1.165) is 41.3 Å². The maximum absolute atomic E-state index is 12.7. The van der Waals surface area contributed by atoms with Crippen molar-refractivity contribution >= 4 is 11.6 Å². The van der Waals surface area contributed by atoms with Crippen molar-refractivity contribution in [3.8, 4) is 5.75 Å². The number of methoxy groups -OCH3 is 1. The summed E-state index contributed by atoms with van der Waals surface area (Å²) >= 11 is 0. The number of oxime groups is 1. The first-order valence-corrected chi connectivity index (χ1v) is 10.3. The normalized spacial score (nSPS) is 36.3. The SMILES string of the molecule is COc1ccc(C2=NOC(C(=O)NCC34CC5CC(CC(C5)C3)C4)C2)cc1. The maximum atomic E-state index is 12.7. The number of rotatable bonds is 5. The van der Waals surface area contributed by atoms with E-state index in [1.165, 1.54) is 38.5 Å². The molecule has 5 heteroatoms. The number of hydrogen-bond acceptors (Lipinski definition) is 4. The van der Waals surface area contributed by atoms with Gasteiger partial charge in [-0.3, -0.25) is 4.79 Å². The third kappa shape index (κ3) is 3.21. The molecule has 1 atom stereocenters. The van der Waals surface area contributed by atoms with Gasteiger partial charge in [-0.05, 0) is 91.5 Å². The predicted molar refractivity (Wildman–Crippen MR) is 103 cm³/mol. The fourth-order valence-electron chi connectivity index (χ4n) is 6.37. The van der Waals surface area contributed by atoms with E-state index >= 15 is 0 Å². The zero-order chi connectivity index (χ0) is 18.4. The molecule has 4 bridgehead atoms. The first-order chi connectivity index (χ1) is 13.1. The van der Waals surface area contributed by atoms with Gasteiger partial charge in [0, 0.05) is 13.0 Å². The second-order valence-corrected chi connectivity index (χ2v) is 9.20. The summed E-state index contributed by atoms with van der Waals surface area (Å²) in [4.78, 5) is 18.1. The van der Waals surface area contributed by atoms with E-state index in [-0.39, 0.29) is 5.91 Å². The molecule has 0 aromatic heterocycles. The van der Waals surface area contributed by atoms with Crippen molar-refractivity contribution in [1.82, 2.24) is 5.32 Å². The van der Waals surface area contributed by atoms with Crippen LogP contribution in [0.5, 0.6) is 5.75 Å². The second kappa shape index (κ2) is 6.54. The van der Waals surface area contributed by atoms with Crippen LogP contribution in [0.3, 0.4) is 0 Å². The lowest BCUT2D eigenvalue weighted by Gasteiger charge is -2.56. The minimum absolute atomic E-state index is 0.0157. The van der Waals surface area contributed by atoms with Crippen LogP contribution in [0.25, 0.3) is 0 Å². The molecule has 1 N–H and O–H groups in total. The summed E-state index contributed by atoms with van der Waals surface area (Å²) in [6, 6.07) is 7.71. The van der Waals surface area contributed by atoms with Gasteiger partial charge in [-0.2, -0.15) is 0 Å². The molecule has 0 spiro atoms. The number of nitrogens with one attached hydrogen (secondary N) is 1. The predicted octanol–water partition coefficient (Wildman–Crippen LogP) is 3.52. The van der Waals surface area contributed by atoms with E-state index in [1.807, 2.05) is 24.3 Å². The Morgan fingerprint density at radius 3 is 2.37 bits per heavy atom. The smallest absolute Gasteiger partial charge is 0.264 e. The van der Waals surface area contributed by atoms with Gasteiger partial charge in [-0.1, -0.05) is 5.16 Å². The highest BCUT2D eigenvalue weighted by Crippen LogP contribution is 2.59. The van der Waals surface area contributed by atoms with Gasteiger partial charge in [-0.25, -0.2) is 0 Å². The molecule has 1 aromatic carbocycles. The minimum atomic E-state index is -0.504. The van der Waals surface area contributed by atoms with Crippen molar-refractivity contribution in [2.75, 3.05) is 13.7 Å². The quantitative estimate of drug-likeness (QED) is 0.865. The molecule has 1 heterocycles. The first-order valence-electron chi connectivity index (χ1n) is 10.3. The third-order valence-electron chi connectivity index (χ3n) is 7.19. The van der Waals surface area contributed by atoms with E-state index in [1.54, 1.807) is 7.11 Å². The minimum Gasteiger partial charge on any atom is -0.497 e. The van der Waals surface area contributed by atoms with E-state index < -0.39 is 6.10 Å². The van der Waals surface area contributed by atoms with Crippen molar-refractivity contribution in [2.24, 2.45) is 28.3 Å². The van der Waals surface area contributed by atoms with Gasteiger partial charge >= 0.3 is 0 Å². The van der Waals surface area contributed by atoms with Crippen molar-refractivity contribution in [1.29, 1.82) is 0 Å². The number of benzene rings is 1. The Morgan fingerprint density at radius 1 is 1.15 bits per heavy atom. The van der Waals surface area contributed by atoms with Crippen molar-refractivity contribution in [2.45, 2.75) is 51.0 Å². The van der Waals surface area contributed by atoms with Crippen molar-refractivity contribution in [3.05, 3.63) is 29.8 Å². The summed E-state index contributed by atoms with van der Waals surface area (Å²) in [5, 5.41) is 7.37. The third-order valence-corrected chi connectivity index (χ3v) is 7.19. The van der Waals surface area contributed by atoms with Gasteiger partial charge in [0.2, 0.25) is 6.10 Å². The molecule has 4 saturated carbocycles. The molecule has 0 saturated heterocycles. The summed E-state index contributed by atoms with van der Waals surface area (Å²) in [5.74, 6) is 3.50. The molecule has 27 heavy (non-hydrogen) atoms. The fraction of sp³-hybridized carbons (Fsp3) is 0.636. The van der Waals surface area contributed by atoms with Crippen LogP contribution in [0.4, 0.5) is 0 Å². The highest BCUT2D eigenvalue weighted by molar-refractivity contribution is 6.04. The van der Waals surface area contributed by atoms with Crippen LogP contribution in [0, 0.1) is 23.2 Å². The van der Waals surface area contributed by atoms with Crippen molar-refractivity contribution < 1.29 is 14.4 Å². The Kier molecular flexibility index (Phi) is 4.14. The van der Waals surface area contributed by atoms with Crippen LogP contribution in [0.2, 0.25) is 0 Å². The monoisotopic (exact) mass is 368 g/mol. The van der Waals surface area contributed by atoms with Gasteiger partial charge in [0.1, 0.15) is 5.75 Å². The van der Waals surface area contributed by atoms with Crippen LogP contribution in [0.1, 0.15) is 50.5 Å². The molecule has 0 radical (unpaired) electrons. The summed E-state index contributed by atoms with van der Waals surface area (Å²) in [7, 11) is 1.65. The molecular formula is C22H28N2O3. The molecular weight excluding hydrogens is 340 g/mol. The van der Waals surface area contributed by atoms with Crippen LogP contribution < -0.4 is 10.1 Å². The van der Waals surface area contributed by atoms with E-state index in [4.69, 9.17) is 9.57 Å². The average Bonchev–Trinajstić information content (AvgIpc) is 3.15. The number of carbonyl (C=O) groups is 1. The van der Waals surface area contributed by atoms with Crippen LogP contribution in [0.15, 0.2) is 29.4 Å². The molecule has 1 unspecified atom stereocenters. The van der Waals surface area contributed by atoms with Gasteiger partial charge < -0.3 is 14.9 Å². The highest BCUT2D eigenvalue weighted by Gasteiger charge is 2.51. The Morgan fingerprint density at radius 2 is 1.78 bits per heavy atom. The molecule has 6 rings (SSSR count). The summed E-state index contributed by atoms with van der Waals surface area (Å²) in [6.45, 7) is 0.813. The number of ether oxygens (including phenoxy) is 1. The fourth-order valence-corrected chi connectivity index (χ4v) is 6.37. The van der Waals surface area contributed by atoms with Crippen molar-refractivity contribution in [3.63, 3.8) is 0 Å². The zero-order valence-corrected chi connectivity index (χ0v) is 15.9. The van der Waals surface area contributed by atoms with E-state index in [9.17, 15) is 4.79 Å². The van der Waals surface area contributed by atoms with Crippen LogP contribution >= 0.6 is 0 Å². The number of carbonyl (C=O) groups excluding carboxylic acids is 1. The van der Waals surface area contributed by atoms with Crippen LogP contribution in [-0.2, 0) is 9.63 Å². The van der Waals surface area contributed by atoms with Gasteiger partial charge in [0.05, 0.1) is 12.8 Å². The number of amides is 1. The van der Waals surface area contributed by atoms with E-state index in [0.29, 0.717) is 11.8 Å². The molecule has 144 valence electrons. The largest absolute Gasteiger partial charge is 0.497 e. The lowest BCUT2D eigenvalue weighted by Crippen LogP contribution is -2.52. The van der Waals surface area contributed by atoms with Gasteiger partial charge in [0.15, 0.2) is 0 Å². The lowest BCUT2D eigenvalue weighted by atomic mass is 9.49. The second-order valence-electron chi connectivity index (χ2n) is 9.20. The van der Waals surface area contributed by atoms with Crippen LogP contribution in [-0.4, -0.2) is 31.4 Å². The maximum Gasteiger partial charge on any atom is 0.264 e. The molecule has 4 aliphatic carbocycles. The first kappa shape index (κ1) is 17.1. The Labute approximate surface area is 160 Å². The Balaban J connectivity index is 1.17. The van der Waals surface area contributed by atoms with Gasteiger partial charge in [0.25, 0.3) is 5.91 Å². The number of hydrogen-bond donors (Lipinski definition) is 1. The molecule has 1 aliphatic heterocycles. The number of nitrogens with zero attached hydrogens (tertiary/aromatic N) is 1. The summed E-state index contributed by atoms with van der Waals surface area (Å²) < 4.78 is 5.19.